The Bertz CT molecular complexity index is 726. The molecule has 0 unspecified atom stereocenters. The van der Waals surface area contributed by atoms with Gasteiger partial charge in [0.05, 0.1) is 0 Å². The Labute approximate surface area is 192 Å². The maximum absolute atomic E-state index is 6.81. The van der Waals surface area contributed by atoms with E-state index in [4.69, 9.17) is 23.2 Å². The maximum atomic E-state index is 6.81. The van der Waals surface area contributed by atoms with Crippen molar-refractivity contribution in [2.45, 2.75) is 72.6 Å². The zero-order chi connectivity index (χ0) is 21.1. The van der Waals surface area contributed by atoms with E-state index in [0.717, 1.165) is 15.6 Å². The van der Waals surface area contributed by atoms with Crippen molar-refractivity contribution in [1.29, 1.82) is 0 Å². The second-order valence-corrected chi connectivity index (χ2v) is 22.1. The molecule has 0 aliphatic carbocycles. The molecule has 0 saturated heterocycles. The van der Waals surface area contributed by atoms with Crippen LogP contribution >= 0.6 is 23.2 Å². The van der Waals surface area contributed by atoms with E-state index in [1.54, 1.807) is 0 Å². The zero-order valence-electron chi connectivity index (χ0n) is 18.3. The molecule has 0 N–H and O–H groups in total. The third-order valence-corrected chi connectivity index (χ3v) is 22.2. The molecule has 2 aromatic carbocycles. The normalized spacial score (nSPS) is 12.4. The summed E-state index contributed by atoms with van der Waals surface area (Å²) in [7, 11) is 0. The van der Waals surface area contributed by atoms with Gasteiger partial charge in [0.25, 0.3) is 0 Å². The van der Waals surface area contributed by atoms with Gasteiger partial charge in [-0.1, -0.05) is 0 Å². The number of benzene rings is 2. The molecule has 3 heteroatoms. The molecule has 0 aliphatic heterocycles. The second kappa shape index (κ2) is 13.1. The summed E-state index contributed by atoms with van der Waals surface area (Å²) in [5.74, 6) is 0. The van der Waals surface area contributed by atoms with Gasteiger partial charge >= 0.3 is 194 Å². The second-order valence-electron chi connectivity index (χ2n) is 8.16. The Hall–Kier alpha value is -0.441. The van der Waals surface area contributed by atoms with Crippen LogP contribution in [0.1, 0.15) is 70.4 Å². The zero-order valence-corrected chi connectivity index (χ0v) is 22.7. The van der Waals surface area contributed by atoms with Gasteiger partial charge in [0.1, 0.15) is 0 Å². The third kappa shape index (κ3) is 7.04. The van der Waals surface area contributed by atoms with Crippen LogP contribution in [0, 0.1) is 0 Å². The average molecular weight is 538 g/mol. The molecule has 2 aromatic rings. The van der Waals surface area contributed by atoms with Gasteiger partial charge in [0, 0.05) is 0 Å². The molecule has 0 aromatic heterocycles. The van der Waals surface area contributed by atoms with Crippen molar-refractivity contribution in [2.24, 2.45) is 0 Å². The predicted octanol–water partition coefficient (Wildman–Crippen LogP) is 9.92. The first-order chi connectivity index (χ1) is 14.1. The van der Waals surface area contributed by atoms with Crippen molar-refractivity contribution in [3.05, 3.63) is 69.7 Å². The first-order valence-corrected chi connectivity index (χ1v) is 19.5. The van der Waals surface area contributed by atoms with Gasteiger partial charge in [-0.25, -0.2) is 0 Å². The van der Waals surface area contributed by atoms with E-state index in [2.05, 4.69) is 57.2 Å². The number of halogens is 2. The standard InChI is InChI=1S/C14H9Cl2.3C4H9.Sn/c15-13-7-4-8-14(16)12(13)10-9-11-5-2-1-3-6-11;3*1-3-4-2;/h1-9H;3*1,3-4H2,2H3;. The number of hydrogen-bond acceptors (Lipinski definition) is 0. The molecule has 2 rings (SSSR count). The minimum atomic E-state index is -2.75. The molecule has 0 fully saturated rings. The number of rotatable bonds is 12. The molecule has 0 aliphatic rings. The Balaban J connectivity index is 2.72. The summed E-state index contributed by atoms with van der Waals surface area (Å²) in [6.45, 7) is 6.96. The van der Waals surface area contributed by atoms with E-state index in [1.807, 2.05) is 18.2 Å². The molecule has 0 bridgehead atoms. The van der Waals surface area contributed by atoms with Crippen LogP contribution < -0.4 is 0 Å². The van der Waals surface area contributed by atoms with Gasteiger partial charge in [0.15, 0.2) is 0 Å². The topological polar surface area (TPSA) is 0 Å². The molecule has 0 radical (unpaired) electrons. The SMILES string of the molecule is CCC[CH2][Sn]([CH2]CCC)([CH2]CCC)/[C](=C/c1ccccc1)c1c(Cl)cccc1Cl. The third-order valence-electron chi connectivity index (χ3n) is 5.94. The van der Waals surface area contributed by atoms with Gasteiger partial charge in [0.2, 0.25) is 0 Å². The Kier molecular flexibility index (Phi) is 11.2. The Morgan fingerprint density at radius 2 is 1.21 bits per heavy atom. The van der Waals surface area contributed by atoms with Crippen molar-refractivity contribution in [1.82, 2.24) is 0 Å². The number of unbranched alkanes of at least 4 members (excludes halogenated alkanes) is 3. The Morgan fingerprint density at radius 3 is 1.66 bits per heavy atom. The van der Waals surface area contributed by atoms with Crippen LogP contribution in [0.3, 0.4) is 0 Å². The first kappa shape index (κ1) is 24.8. The quantitative estimate of drug-likeness (QED) is 0.186. The fraction of sp³-hybridized carbons (Fsp3) is 0.462. The van der Waals surface area contributed by atoms with Crippen molar-refractivity contribution in [2.75, 3.05) is 0 Å². The van der Waals surface area contributed by atoms with Crippen LogP contribution in [-0.2, 0) is 0 Å². The van der Waals surface area contributed by atoms with Gasteiger partial charge in [-0.05, 0) is 0 Å². The summed E-state index contributed by atoms with van der Waals surface area (Å²) >= 11 is 10.9. The van der Waals surface area contributed by atoms with Crippen LogP contribution in [0.4, 0.5) is 0 Å². The van der Waals surface area contributed by atoms with E-state index in [-0.39, 0.29) is 0 Å². The minimum absolute atomic E-state index is 0.810. The molecule has 0 heterocycles. The fourth-order valence-electron chi connectivity index (χ4n) is 4.29. The summed E-state index contributed by atoms with van der Waals surface area (Å²) < 4.78 is 5.72. The molecule has 0 amide bonds. The van der Waals surface area contributed by atoms with E-state index < -0.39 is 18.4 Å². The summed E-state index contributed by atoms with van der Waals surface area (Å²) in [6.07, 6.45) is 10.2. The monoisotopic (exact) mass is 538 g/mol. The van der Waals surface area contributed by atoms with Gasteiger partial charge < -0.3 is 0 Å². The molecular weight excluding hydrogens is 502 g/mol. The van der Waals surface area contributed by atoms with Crippen molar-refractivity contribution >= 4 is 51.2 Å². The van der Waals surface area contributed by atoms with Crippen LogP contribution in [0.25, 0.3) is 9.67 Å². The van der Waals surface area contributed by atoms with Crippen LogP contribution in [0.2, 0.25) is 23.4 Å². The molecule has 0 nitrogen and oxygen atoms in total. The molecule has 29 heavy (non-hydrogen) atoms. The van der Waals surface area contributed by atoms with E-state index in [1.165, 1.54) is 61.0 Å². The molecule has 158 valence electrons. The molecule has 0 spiro atoms. The molecule has 0 saturated carbocycles. The van der Waals surface area contributed by atoms with Crippen molar-refractivity contribution in [3.8, 4) is 0 Å². The molecular formula is C26H36Cl2Sn. The summed E-state index contributed by atoms with van der Waals surface area (Å²) in [5.41, 5.74) is 2.39. The van der Waals surface area contributed by atoms with Crippen LogP contribution in [0.15, 0.2) is 48.5 Å². The van der Waals surface area contributed by atoms with Gasteiger partial charge in [-0.3, -0.25) is 0 Å². The van der Waals surface area contributed by atoms with E-state index in [9.17, 15) is 0 Å². The summed E-state index contributed by atoms with van der Waals surface area (Å²) in [4.78, 5) is 0. The Morgan fingerprint density at radius 1 is 0.724 bits per heavy atom. The van der Waals surface area contributed by atoms with Crippen molar-refractivity contribution < 1.29 is 0 Å². The summed E-state index contributed by atoms with van der Waals surface area (Å²) in [5, 5.41) is 1.62. The average Bonchev–Trinajstić information content (AvgIpc) is 2.73. The van der Waals surface area contributed by atoms with E-state index in [0.29, 0.717) is 0 Å². The van der Waals surface area contributed by atoms with E-state index >= 15 is 0 Å². The van der Waals surface area contributed by atoms with Crippen LogP contribution in [-0.4, -0.2) is 18.4 Å². The first-order valence-electron chi connectivity index (χ1n) is 11.3. The van der Waals surface area contributed by atoms with Crippen molar-refractivity contribution in [3.63, 3.8) is 0 Å². The van der Waals surface area contributed by atoms with Crippen LogP contribution in [0.5, 0.6) is 0 Å². The molecule has 0 atom stereocenters. The van der Waals surface area contributed by atoms with Gasteiger partial charge in [-0.2, -0.15) is 0 Å². The predicted molar refractivity (Wildman–Crippen MR) is 136 cm³/mol. The fourth-order valence-corrected chi connectivity index (χ4v) is 22.2. The summed E-state index contributed by atoms with van der Waals surface area (Å²) in [6, 6.07) is 16.7. The van der Waals surface area contributed by atoms with Gasteiger partial charge in [-0.15, -0.1) is 0 Å². The number of hydrogen-bond donors (Lipinski definition) is 0.